The van der Waals surface area contributed by atoms with Crippen molar-refractivity contribution < 1.29 is 10.2 Å². The van der Waals surface area contributed by atoms with E-state index < -0.39 is 0 Å². The van der Waals surface area contributed by atoms with Crippen LogP contribution in [0.2, 0.25) is 0 Å². The lowest BCUT2D eigenvalue weighted by Gasteiger charge is -2.18. The maximum absolute atomic E-state index is 8.88. The molecular formula is C11H18N2O2. The zero-order chi connectivity index (χ0) is 11.3. The van der Waals surface area contributed by atoms with Gasteiger partial charge in [-0.15, -0.1) is 0 Å². The Morgan fingerprint density at radius 3 is 2.33 bits per heavy atom. The van der Waals surface area contributed by atoms with Crippen LogP contribution in [0.3, 0.4) is 0 Å². The lowest BCUT2D eigenvalue weighted by molar-refractivity contribution is 0.268. The van der Waals surface area contributed by atoms with Gasteiger partial charge in [0, 0.05) is 19.3 Å². The van der Waals surface area contributed by atoms with E-state index in [0.29, 0.717) is 6.54 Å². The average Bonchev–Trinajstić information content (AvgIpc) is 2.28. The smallest absolute Gasteiger partial charge is 0.0624 e. The van der Waals surface area contributed by atoms with Crippen molar-refractivity contribution in [1.29, 1.82) is 0 Å². The number of nitrogens with zero attached hydrogens (tertiary/aromatic N) is 1. The molecule has 1 atom stereocenters. The quantitative estimate of drug-likeness (QED) is 0.645. The number of benzene rings is 1. The molecule has 0 fully saturated rings. The lowest BCUT2D eigenvalue weighted by atomic mass is 10.1. The number of anilines is 1. The Bertz CT molecular complexity index is 287. The molecule has 15 heavy (non-hydrogen) atoms. The van der Waals surface area contributed by atoms with Crippen LogP contribution in [0.5, 0.6) is 0 Å². The number of nitrogens with two attached hydrogens (primary N) is 1. The molecular weight excluding hydrogens is 192 g/mol. The molecule has 0 radical (unpaired) electrons. The van der Waals surface area contributed by atoms with Crippen LogP contribution in [-0.2, 0) is 0 Å². The molecule has 4 heteroatoms. The van der Waals surface area contributed by atoms with Crippen molar-refractivity contribution in [3.63, 3.8) is 0 Å². The van der Waals surface area contributed by atoms with Crippen LogP contribution in [0.25, 0.3) is 0 Å². The second kappa shape index (κ2) is 5.70. The summed E-state index contributed by atoms with van der Waals surface area (Å²) in [5, 5.41) is 17.7. The van der Waals surface area contributed by atoms with Crippen molar-refractivity contribution in [1.82, 2.24) is 0 Å². The molecule has 0 aliphatic carbocycles. The number of hydrogen-bond acceptors (Lipinski definition) is 4. The van der Waals surface area contributed by atoms with Gasteiger partial charge in [-0.05, 0) is 17.7 Å². The Labute approximate surface area is 89.9 Å². The van der Waals surface area contributed by atoms with Gasteiger partial charge in [-0.2, -0.15) is 0 Å². The first-order valence-corrected chi connectivity index (χ1v) is 4.97. The number of likely N-dealkylation sites (N-methyl/N-ethyl adjacent to an activating group) is 1. The fraction of sp³-hybridized carbons (Fsp3) is 0.455. The van der Waals surface area contributed by atoms with E-state index in [0.717, 1.165) is 11.3 Å². The minimum absolute atomic E-state index is 0.0498. The number of aliphatic hydroxyl groups is 2. The molecule has 1 rings (SSSR count). The van der Waals surface area contributed by atoms with E-state index in [1.165, 1.54) is 0 Å². The van der Waals surface area contributed by atoms with Crippen LogP contribution in [0, 0.1) is 0 Å². The first kappa shape index (κ1) is 12.0. The topological polar surface area (TPSA) is 69.7 Å². The molecule has 0 heterocycles. The minimum atomic E-state index is -0.317. The Kier molecular flexibility index (Phi) is 4.55. The molecule has 1 aromatic carbocycles. The van der Waals surface area contributed by atoms with Crippen molar-refractivity contribution in [2.45, 2.75) is 6.04 Å². The van der Waals surface area contributed by atoms with E-state index in [1.807, 2.05) is 36.2 Å². The maximum Gasteiger partial charge on any atom is 0.0624 e. The van der Waals surface area contributed by atoms with E-state index >= 15 is 0 Å². The van der Waals surface area contributed by atoms with Crippen LogP contribution in [0.15, 0.2) is 24.3 Å². The summed E-state index contributed by atoms with van der Waals surface area (Å²) in [6.45, 7) is 0.686. The van der Waals surface area contributed by atoms with E-state index in [9.17, 15) is 0 Å². The highest BCUT2D eigenvalue weighted by Gasteiger charge is 2.05. The van der Waals surface area contributed by atoms with Crippen LogP contribution in [0.1, 0.15) is 11.6 Å². The third-order valence-corrected chi connectivity index (χ3v) is 2.39. The third kappa shape index (κ3) is 3.20. The normalized spacial score (nSPS) is 12.5. The molecule has 84 valence electrons. The summed E-state index contributed by atoms with van der Waals surface area (Å²) in [7, 11) is 1.91. The fourth-order valence-corrected chi connectivity index (χ4v) is 1.36. The Morgan fingerprint density at radius 2 is 1.87 bits per heavy atom. The van der Waals surface area contributed by atoms with Crippen LogP contribution < -0.4 is 10.6 Å². The van der Waals surface area contributed by atoms with Crippen molar-refractivity contribution in [2.24, 2.45) is 5.73 Å². The minimum Gasteiger partial charge on any atom is -0.395 e. The largest absolute Gasteiger partial charge is 0.395 e. The van der Waals surface area contributed by atoms with Gasteiger partial charge in [0.15, 0.2) is 0 Å². The molecule has 0 unspecified atom stereocenters. The second-order valence-electron chi connectivity index (χ2n) is 3.53. The van der Waals surface area contributed by atoms with Gasteiger partial charge in [0.05, 0.1) is 19.3 Å². The van der Waals surface area contributed by atoms with Gasteiger partial charge in [0.1, 0.15) is 0 Å². The van der Waals surface area contributed by atoms with Crippen molar-refractivity contribution in [3.05, 3.63) is 29.8 Å². The second-order valence-corrected chi connectivity index (χ2v) is 3.53. The van der Waals surface area contributed by atoms with Crippen LogP contribution in [-0.4, -0.2) is 37.0 Å². The molecule has 0 aromatic heterocycles. The molecule has 0 bridgehead atoms. The highest BCUT2D eigenvalue weighted by Crippen LogP contribution is 2.16. The van der Waals surface area contributed by atoms with Gasteiger partial charge in [0.25, 0.3) is 0 Å². The van der Waals surface area contributed by atoms with Gasteiger partial charge >= 0.3 is 0 Å². The predicted molar refractivity (Wildman–Crippen MR) is 60.8 cm³/mol. The molecule has 0 saturated carbocycles. The highest BCUT2D eigenvalue weighted by atomic mass is 16.3. The number of hydrogen-bond donors (Lipinski definition) is 3. The van der Waals surface area contributed by atoms with E-state index in [4.69, 9.17) is 15.9 Å². The first-order chi connectivity index (χ1) is 7.19. The molecule has 0 saturated heterocycles. The van der Waals surface area contributed by atoms with Gasteiger partial charge in [0.2, 0.25) is 0 Å². The van der Waals surface area contributed by atoms with E-state index in [-0.39, 0.29) is 19.3 Å². The zero-order valence-corrected chi connectivity index (χ0v) is 8.93. The van der Waals surface area contributed by atoms with Gasteiger partial charge < -0.3 is 20.8 Å². The zero-order valence-electron chi connectivity index (χ0n) is 8.93. The average molecular weight is 210 g/mol. The van der Waals surface area contributed by atoms with Crippen LogP contribution >= 0.6 is 0 Å². The van der Waals surface area contributed by atoms with Crippen molar-refractivity contribution >= 4 is 5.69 Å². The summed E-state index contributed by atoms with van der Waals surface area (Å²) in [6.07, 6.45) is 0. The highest BCUT2D eigenvalue weighted by molar-refractivity contribution is 5.47. The first-order valence-electron chi connectivity index (χ1n) is 4.97. The Morgan fingerprint density at radius 1 is 1.27 bits per heavy atom. The SMILES string of the molecule is CN(CCO)c1ccc([C@H](N)CO)cc1. The summed E-state index contributed by atoms with van der Waals surface area (Å²) < 4.78 is 0. The molecule has 0 spiro atoms. The molecule has 0 aliphatic heterocycles. The number of rotatable bonds is 5. The predicted octanol–water partition coefficient (Wildman–Crippen LogP) is 0.107. The van der Waals surface area contributed by atoms with Gasteiger partial charge in [-0.3, -0.25) is 0 Å². The maximum atomic E-state index is 8.88. The van der Waals surface area contributed by atoms with Crippen LogP contribution in [0.4, 0.5) is 5.69 Å². The molecule has 0 aliphatic rings. The summed E-state index contributed by atoms with van der Waals surface area (Å²) in [5.41, 5.74) is 7.62. The van der Waals surface area contributed by atoms with Gasteiger partial charge in [-0.25, -0.2) is 0 Å². The fourth-order valence-electron chi connectivity index (χ4n) is 1.36. The summed E-state index contributed by atoms with van der Waals surface area (Å²) in [6, 6.07) is 7.33. The standard InChI is InChI=1S/C11H18N2O2/c1-13(6-7-14)10-4-2-9(3-5-10)11(12)8-15/h2-5,11,14-15H,6-8,12H2,1H3/t11-/m1/s1. The monoisotopic (exact) mass is 210 g/mol. The van der Waals surface area contributed by atoms with Crippen molar-refractivity contribution in [3.8, 4) is 0 Å². The Balaban J connectivity index is 2.71. The molecule has 0 amide bonds. The Hall–Kier alpha value is -1.10. The van der Waals surface area contributed by atoms with E-state index in [1.54, 1.807) is 0 Å². The summed E-state index contributed by atoms with van der Waals surface area (Å²) in [4.78, 5) is 1.95. The molecule has 4 N–H and O–H groups in total. The summed E-state index contributed by atoms with van der Waals surface area (Å²) >= 11 is 0. The van der Waals surface area contributed by atoms with Crippen molar-refractivity contribution in [2.75, 3.05) is 31.7 Å². The molecule has 4 nitrogen and oxygen atoms in total. The number of aliphatic hydroxyl groups excluding tert-OH is 2. The lowest BCUT2D eigenvalue weighted by Crippen LogP contribution is -2.21. The summed E-state index contributed by atoms with van der Waals surface area (Å²) in [5.74, 6) is 0. The molecule has 1 aromatic rings. The third-order valence-electron chi connectivity index (χ3n) is 2.39. The van der Waals surface area contributed by atoms with E-state index in [2.05, 4.69) is 0 Å². The van der Waals surface area contributed by atoms with Gasteiger partial charge in [-0.1, -0.05) is 12.1 Å².